The van der Waals surface area contributed by atoms with Crippen molar-refractivity contribution in [3.63, 3.8) is 0 Å². The van der Waals surface area contributed by atoms with Crippen molar-refractivity contribution in [3.05, 3.63) is 35.9 Å². The summed E-state index contributed by atoms with van der Waals surface area (Å²) in [6, 6.07) is 9.05. The summed E-state index contributed by atoms with van der Waals surface area (Å²) in [5.74, 6) is -0.155. The van der Waals surface area contributed by atoms with Gasteiger partial charge in [0, 0.05) is 6.54 Å². The highest BCUT2D eigenvalue weighted by Crippen LogP contribution is 2.32. The van der Waals surface area contributed by atoms with Crippen molar-refractivity contribution >= 4 is 20.6 Å². The molecule has 10 heteroatoms. The van der Waals surface area contributed by atoms with Gasteiger partial charge in [-0.3, -0.25) is 10.2 Å². The first-order valence-electron chi connectivity index (χ1n) is 15.8. The van der Waals surface area contributed by atoms with Crippen molar-refractivity contribution in [2.75, 3.05) is 6.54 Å². The van der Waals surface area contributed by atoms with E-state index in [-0.39, 0.29) is 29.4 Å². The van der Waals surface area contributed by atoms with Gasteiger partial charge in [0.1, 0.15) is 11.2 Å². The zero-order valence-electron chi connectivity index (χ0n) is 28.8. The summed E-state index contributed by atoms with van der Waals surface area (Å²) >= 11 is 0. The van der Waals surface area contributed by atoms with Gasteiger partial charge >= 0.3 is 20.6 Å². The van der Waals surface area contributed by atoms with Crippen molar-refractivity contribution in [2.24, 2.45) is 11.8 Å². The number of nitrogens with one attached hydrogen (secondary N) is 3. The van der Waals surface area contributed by atoms with Crippen LogP contribution in [-0.2, 0) is 23.1 Å². The lowest BCUT2D eigenvalue weighted by Crippen LogP contribution is -2.57. The van der Waals surface area contributed by atoms with Gasteiger partial charge in [0.05, 0.1) is 29.7 Å². The van der Waals surface area contributed by atoms with Gasteiger partial charge in [-0.15, -0.1) is 0 Å². The lowest BCUT2D eigenvalue weighted by atomic mass is 9.79. The second kappa shape index (κ2) is 15.3. The number of rotatable bonds is 12. The Hall–Kier alpha value is -1.98. The summed E-state index contributed by atoms with van der Waals surface area (Å²) < 4.78 is 24.4. The van der Waals surface area contributed by atoms with Crippen LogP contribution in [0.4, 0.5) is 4.79 Å². The zero-order chi connectivity index (χ0) is 32.6. The topological polar surface area (TPSA) is 107 Å². The molecule has 0 aromatic heterocycles. The minimum atomic E-state index is -2.60. The monoisotopic (exact) mass is 621 g/mol. The number of alkyl carbamates (subject to hydrolysis) is 1. The lowest BCUT2D eigenvalue weighted by molar-refractivity contribution is -0.163. The lowest BCUT2D eigenvalue weighted by Gasteiger charge is -2.39. The maximum atomic E-state index is 13.1. The molecule has 0 bridgehead atoms. The third-order valence-corrected chi connectivity index (χ3v) is 9.01. The van der Waals surface area contributed by atoms with Gasteiger partial charge in [-0.05, 0) is 107 Å². The second-order valence-electron chi connectivity index (χ2n) is 15.2. The zero-order valence-corrected chi connectivity index (χ0v) is 29.8. The molecule has 1 aliphatic rings. The van der Waals surface area contributed by atoms with Gasteiger partial charge in [-0.1, -0.05) is 43.2 Å². The first-order valence-corrected chi connectivity index (χ1v) is 18.6. The van der Waals surface area contributed by atoms with Crippen molar-refractivity contribution in [2.45, 2.75) is 143 Å². The Morgan fingerprint density at radius 3 is 2.02 bits per heavy atom. The van der Waals surface area contributed by atoms with E-state index in [0.717, 1.165) is 31.2 Å². The maximum Gasteiger partial charge on any atom is 0.408 e. The molecule has 0 saturated heterocycles. The number of amides is 1. The molecule has 1 fully saturated rings. The number of carbonyl (C=O) groups is 2. The summed E-state index contributed by atoms with van der Waals surface area (Å²) in [6.45, 7) is 23.9. The van der Waals surface area contributed by atoms with E-state index < -0.39 is 38.0 Å². The Morgan fingerprint density at radius 2 is 1.47 bits per heavy atom. The molecule has 9 nitrogen and oxygen atoms in total. The van der Waals surface area contributed by atoms with Crippen LogP contribution < -0.4 is 16.2 Å². The van der Waals surface area contributed by atoms with Gasteiger partial charge in [-0.25, -0.2) is 10.2 Å². The van der Waals surface area contributed by atoms with E-state index in [0.29, 0.717) is 6.54 Å². The fraction of sp³-hybridized carbons (Fsp3) is 0.758. The van der Waals surface area contributed by atoms with E-state index in [2.05, 4.69) is 16.2 Å². The highest BCUT2D eigenvalue weighted by atomic mass is 28.4. The Morgan fingerprint density at radius 1 is 0.884 bits per heavy atom. The minimum absolute atomic E-state index is 0.129. The molecule has 0 heterocycles. The van der Waals surface area contributed by atoms with E-state index in [1.807, 2.05) is 113 Å². The van der Waals surface area contributed by atoms with Gasteiger partial charge < -0.3 is 23.6 Å². The largest absolute Gasteiger partial charge is 0.460 e. The molecule has 1 aromatic carbocycles. The molecular weight excluding hydrogens is 562 g/mol. The Labute approximate surface area is 261 Å². The van der Waals surface area contributed by atoms with Crippen LogP contribution in [0.15, 0.2) is 30.3 Å². The third-order valence-electron chi connectivity index (χ3n) is 6.97. The van der Waals surface area contributed by atoms with Crippen LogP contribution in [0.5, 0.6) is 0 Å². The number of ether oxygens (including phenoxy) is 2. The predicted molar refractivity (Wildman–Crippen MR) is 174 cm³/mol. The number of esters is 1. The van der Waals surface area contributed by atoms with Gasteiger partial charge in [0.25, 0.3) is 0 Å². The van der Waals surface area contributed by atoms with Crippen molar-refractivity contribution in [1.82, 2.24) is 16.2 Å². The molecule has 1 aromatic rings. The number of hydrogen-bond acceptors (Lipinski definition) is 8. The van der Waals surface area contributed by atoms with E-state index in [4.69, 9.17) is 18.3 Å². The SMILES string of the molecule is CC(O[Si](C)(C)OC(C)(C)C)C(NC(=O)OC(C)(C)C)C(NNCC1CCCCC1C(=O)OC(C)(C)C)c1ccccc1. The van der Waals surface area contributed by atoms with Crippen LogP contribution in [0.2, 0.25) is 13.1 Å². The fourth-order valence-corrected chi connectivity index (χ4v) is 8.24. The molecule has 1 aliphatic carbocycles. The molecular formula is C33H59N3O6Si. The Kier molecular flexibility index (Phi) is 13.3. The normalized spacial score (nSPS) is 20.6. The highest BCUT2D eigenvalue weighted by molar-refractivity contribution is 6.64. The summed E-state index contributed by atoms with van der Waals surface area (Å²) in [5, 5.41) is 3.10. The molecule has 5 unspecified atom stereocenters. The van der Waals surface area contributed by atoms with E-state index in [1.165, 1.54) is 0 Å². The molecule has 1 saturated carbocycles. The summed E-state index contributed by atoms with van der Waals surface area (Å²) in [7, 11) is -2.60. The second-order valence-corrected chi connectivity index (χ2v) is 18.4. The van der Waals surface area contributed by atoms with Crippen LogP contribution in [0.25, 0.3) is 0 Å². The van der Waals surface area contributed by atoms with E-state index >= 15 is 0 Å². The minimum Gasteiger partial charge on any atom is -0.460 e. The smallest absolute Gasteiger partial charge is 0.408 e. The number of benzene rings is 1. The highest BCUT2D eigenvalue weighted by Gasteiger charge is 2.39. The van der Waals surface area contributed by atoms with Crippen LogP contribution in [0.1, 0.15) is 107 Å². The Balaban J connectivity index is 2.33. The van der Waals surface area contributed by atoms with Crippen molar-refractivity contribution < 1.29 is 27.9 Å². The quantitative estimate of drug-likeness (QED) is 0.133. The van der Waals surface area contributed by atoms with Gasteiger partial charge in [0.15, 0.2) is 0 Å². The average molecular weight is 622 g/mol. The van der Waals surface area contributed by atoms with Gasteiger partial charge in [-0.2, -0.15) is 0 Å². The molecule has 2 rings (SSSR count). The molecule has 246 valence electrons. The van der Waals surface area contributed by atoms with Crippen LogP contribution in [-0.4, -0.2) is 56.1 Å². The molecule has 5 atom stereocenters. The summed E-state index contributed by atoms with van der Waals surface area (Å²) in [6.07, 6.45) is 2.91. The van der Waals surface area contributed by atoms with E-state index in [9.17, 15) is 9.59 Å². The molecule has 43 heavy (non-hydrogen) atoms. The molecule has 1 amide bonds. The number of hydrazine groups is 1. The van der Waals surface area contributed by atoms with Gasteiger partial charge in [0.2, 0.25) is 0 Å². The Bertz CT molecular complexity index is 1020. The maximum absolute atomic E-state index is 13.1. The predicted octanol–water partition coefficient (Wildman–Crippen LogP) is 6.79. The standard InChI is InChI=1S/C33H59N3O6Si/c1-23(41-43(11,12)42-33(8,9)10)27(35-30(38)40-32(5,6)7)28(24-18-14-13-15-19-24)36-34-22-25-20-16-17-21-26(25)29(37)39-31(2,3)4/h13-15,18-19,23,25-28,34,36H,16-17,20-22H2,1-12H3,(H,35,38). The fourth-order valence-electron chi connectivity index (χ4n) is 5.68. The van der Waals surface area contributed by atoms with Crippen LogP contribution >= 0.6 is 0 Å². The molecule has 0 spiro atoms. The first-order chi connectivity index (χ1) is 19.7. The van der Waals surface area contributed by atoms with Crippen LogP contribution in [0.3, 0.4) is 0 Å². The summed E-state index contributed by atoms with van der Waals surface area (Å²) in [5.41, 5.74) is 6.35. The summed E-state index contributed by atoms with van der Waals surface area (Å²) in [4.78, 5) is 26.2. The van der Waals surface area contributed by atoms with Crippen LogP contribution in [0, 0.1) is 11.8 Å². The molecule has 0 radical (unpaired) electrons. The first kappa shape index (κ1) is 37.2. The van der Waals surface area contributed by atoms with Crippen molar-refractivity contribution in [3.8, 4) is 0 Å². The molecule has 0 aliphatic heterocycles. The number of hydrogen-bond donors (Lipinski definition) is 3. The van der Waals surface area contributed by atoms with Crippen molar-refractivity contribution in [1.29, 1.82) is 0 Å². The molecule has 3 N–H and O–H groups in total. The third kappa shape index (κ3) is 14.1. The average Bonchev–Trinajstić information content (AvgIpc) is 2.82. The number of carbonyl (C=O) groups excluding carboxylic acids is 2. The van der Waals surface area contributed by atoms with E-state index in [1.54, 1.807) is 0 Å².